The van der Waals surface area contributed by atoms with Crippen LogP contribution < -0.4 is 10.6 Å². The Morgan fingerprint density at radius 1 is 1.19 bits per heavy atom. The second kappa shape index (κ2) is 9.28. The second-order valence-electron chi connectivity index (χ2n) is 6.41. The van der Waals surface area contributed by atoms with Gasteiger partial charge in [-0.05, 0) is 43.9 Å². The van der Waals surface area contributed by atoms with Crippen molar-refractivity contribution >= 4 is 34.8 Å². The predicted octanol–water partition coefficient (Wildman–Crippen LogP) is 3.29. The lowest BCUT2D eigenvalue weighted by molar-refractivity contribution is -0.120. The Morgan fingerprint density at radius 3 is 2.78 bits per heavy atom. The summed E-state index contributed by atoms with van der Waals surface area (Å²) in [5.41, 5.74) is 1.42. The van der Waals surface area contributed by atoms with E-state index in [0.717, 1.165) is 30.3 Å². The lowest BCUT2D eigenvalue weighted by Gasteiger charge is -2.07. The highest BCUT2D eigenvalue weighted by atomic mass is 35.5. The molecule has 0 aliphatic heterocycles. The Kier molecular flexibility index (Phi) is 6.79. The fourth-order valence-corrected chi connectivity index (χ4v) is 4.38. The van der Waals surface area contributed by atoms with Crippen LogP contribution in [0.4, 0.5) is 4.39 Å². The van der Waals surface area contributed by atoms with Crippen LogP contribution in [0, 0.1) is 5.82 Å². The van der Waals surface area contributed by atoms with Gasteiger partial charge in [-0.25, -0.2) is 9.37 Å². The van der Waals surface area contributed by atoms with Gasteiger partial charge in [-0.3, -0.25) is 9.59 Å². The number of carbonyl (C=O) groups excluding carboxylic acids is 2. The number of thiazole rings is 1. The van der Waals surface area contributed by atoms with E-state index >= 15 is 0 Å². The summed E-state index contributed by atoms with van der Waals surface area (Å²) in [7, 11) is 0. The number of aryl methyl sites for hydroxylation is 2. The molecule has 0 saturated carbocycles. The molecule has 1 heterocycles. The summed E-state index contributed by atoms with van der Waals surface area (Å²) in [5, 5.41) is 6.57. The largest absolute Gasteiger partial charge is 0.356 e. The molecular formula is C19H21ClFN3O2S. The van der Waals surface area contributed by atoms with Gasteiger partial charge in [-0.1, -0.05) is 11.6 Å². The standard InChI is InChI=1S/C19H21ClFN3O2S/c20-14-11-12(21)5-6-13(14)19(26)23-9-7-17(25)22-10-8-18-24-15-3-1-2-4-16(15)27-18/h5-6,11H,1-4,7-10H2,(H,22,25)(H,23,26). The second-order valence-corrected chi connectivity index (χ2v) is 7.99. The zero-order chi connectivity index (χ0) is 19.2. The third-order valence-electron chi connectivity index (χ3n) is 4.36. The van der Waals surface area contributed by atoms with Crippen molar-refractivity contribution in [1.29, 1.82) is 0 Å². The third-order valence-corrected chi connectivity index (χ3v) is 5.89. The van der Waals surface area contributed by atoms with Crippen molar-refractivity contribution in [2.75, 3.05) is 13.1 Å². The van der Waals surface area contributed by atoms with E-state index in [1.54, 1.807) is 11.3 Å². The van der Waals surface area contributed by atoms with Crippen molar-refractivity contribution in [3.63, 3.8) is 0 Å². The normalized spacial score (nSPS) is 13.1. The van der Waals surface area contributed by atoms with E-state index in [4.69, 9.17) is 11.6 Å². The van der Waals surface area contributed by atoms with Gasteiger partial charge < -0.3 is 10.6 Å². The first-order valence-corrected chi connectivity index (χ1v) is 10.2. The molecule has 0 saturated heterocycles. The van der Waals surface area contributed by atoms with Crippen LogP contribution >= 0.6 is 22.9 Å². The lowest BCUT2D eigenvalue weighted by atomic mass is 10.0. The average Bonchev–Trinajstić information content (AvgIpc) is 3.04. The summed E-state index contributed by atoms with van der Waals surface area (Å²) in [4.78, 5) is 29.9. The van der Waals surface area contributed by atoms with E-state index < -0.39 is 11.7 Å². The molecule has 1 aliphatic rings. The maximum Gasteiger partial charge on any atom is 0.252 e. The van der Waals surface area contributed by atoms with Crippen LogP contribution in [0.5, 0.6) is 0 Å². The molecule has 0 atom stereocenters. The molecule has 0 spiro atoms. The van der Waals surface area contributed by atoms with Crippen molar-refractivity contribution < 1.29 is 14.0 Å². The first kappa shape index (κ1) is 19.8. The quantitative estimate of drug-likeness (QED) is 0.737. The molecule has 0 unspecified atom stereocenters. The molecule has 27 heavy (non-hydrogen) atoms. The molecule has 144 valence electrons. The number of aromatic nitrogens is 1. The summed E-state index contributed by atoms with van der Waals surface area (Å²) >= 11 is 7.60. The van der Waals surface area contributed by atoms with Crippen LogP contribution in [-0.4, -0.2) is 29.9 Å². The van der Waals surface area contributed by atoms with E-state index in [-0.39, 0.29) is 29.5 Å². The molecular weight excluding hydrogens is 389 g/mol. The summed E-state index contributed by atoms with van der Waals surface area (Å²) in [6.07, 6.45) is 5.52. The predicted molar refractivity (Wildman–Crippen MR) is 104 cm³/mol. The molecule has 2 amide bonds. The summed E-state index contributed by atoms with van der Waals surface area (Å²) in [5.74, 6) is -1.07. The molecule has 2 aromatic rings. The Hall–Kier alpha value is -1.99. The van der Waals surface area contributed by atoms with Gasteiger partial charge >= 0.3 is 0 Å². The van der Waals surface area contributed by atoms with Gasteiger partial charge in [-0.15, -0.1) is 11.3 Å². The minimum Gasteiger partial charge on any atom is -0.356 e. The van der Waals surface area contributed by atoms with Crippen molar-refractivity contribution in [2.45, 2.75) is 38.5 Å². The summed E-state index contributed by atoms with van der Waals surface area (Å²) in [6.45, 7) is 0.715. The van der Waals surface area contributed by atoms with Gasteiger partial charge in [-0.2, -0.15) is 0 Å². The summed E-state index contributed by atoms with van der Waals surface area (Å²) < 4.78 is 13.0. The highest BCUT2D eigenvalue weighted by molar-refractivity contribution is 7.11. The van der Waals surface area contributed by atoms with Gasteiger partial charge in [0.1, 0.15) is 5.82 Å². The smallest absolute Gasteiger partial charge is 0.252 e. The lowest BCUT2D eigenvalue weighted by Crippen LogP contribution is -2.31. The number of nitrogens with one attached hydrogen (secondary N) is 2. The number of carbonyl (C=O) groups is 2. The summed E-state index contributed by atoms with van der Waals surface area (Å²) in [6, 6.07) is 3.57. The number of hydrogen-bond donors (Lipinski definition) is 2. The fourth-order valence-electron chi connectivity index (χ4n) is 2.97. The first-order chi connectivity index (χ1) is 13.0. The molecule has 1 aromatic heterocycles. The van der Waals surface area contributed by atoms with E-state index in [1.165, 1.54) is 35.5 Å². The number of benzene rings is 1. The van der Waals surface area contributed by atoms with Crippen LogP contribution in [0.1, 0.15) is 45.2 Å². The first-order valence-electron chi connectivity index (χ1n) is 9.00. The van der Waals surface area contributed by atoms with Crippen molar-refractivity contribution in [2.24, 2.45) is 0 Å². The van der Waals surface area contributed by atoms with Gasteiger partial charge in [0.05, 0.1) is 21.3 Å². The highest BCUT2D eigenvalue weighted by Crippen LogP contribution is 2.26. The maximum absolute atomic E-state index is 13.0. The SMILES string of the molecule is O=C(CCNC(=O)c1ccc(F)cc1Cl)NCCc1nc2c(s1)CCCC2. The van der Waals surface area contributed by atoms with Gasteiger partial charge in [0.2, 0.25) is 5.91 Å². The van der Waals surface area contributed by atoms with Crippen LogP contribution in [-0.2, 0) is 24.1 Å². The number of amides is 2. The third kappa shape index (κ3) is 5.49. The van der Waals surface area contributed by atoms with E-state index in [9.17, 15) is 14.0 Å². The number of rotatable bonds is 7. The Bertz CT molecular complexity index is 817. The molecule has 2 N–H and O–H groups in total. The average molecular weight is 410 g/mol. The van der Waals surface area contributed by atoms with E-state index in [0.29, 0.717) is 6.54 Å². The fraction of sp³-hybridized carbons (Fsp3) is 0.421. The molecule has 0 fully saturated rings. The highest BCUT2D eigenvalue weighted by Gasteiger charge is 2.15. The van der Waals surface area contributed by atoms with E-state index in [2.05, 4.69) is 15.6 Å². The topological polar surface area (TPSA) is 71.1 Å². The Balaban J connectivity index is 1.36. The maximum atomic E-state index is 13.0. The minimum absolute atomic E-state index is 0.0445. The van der Waals surface area contributed by atoms with Gasteiger partial charge in [0, 0.05) is 30.8 Å². The van der Waals surface area contributed by atoms with Crippen LogP contribution in [0.15, 0.2) is 18.2 Å². The molecule has 0 radical (unpaired) electrons. The number of hydrogen-bond acceptors (Lipinski definition) is 4. The molecule has 1 aliphatic carbocycles. The van der Waals surface area contributed by atoms with Crippen LogP contribution in [0.2, 0.25) is 5.02 Å². The van der Waals surface area contributed by atoms with Gasteiger partial charge in [0.25, 0.3) is 5.91 Å². The number of nitrogens with zero attached hydrogens (tertiary/aromatic N) is 1. The monoisotopic (exact) mass is 409 g/mol. The molecule has 3 rings (SSSR count). The van der Waals surface area contributed by atoms with Gasteiger partial charge in [0.15, 0.2) is 0 Å². The Labute approximate surface area is 166 Å². The minimum atomic E-state index is -0.503. The van der Waals surface area contributed by atoms with Crippen molar-refractivity contribution in [3.8, 4) is 0 Å². The Morgan fingerprint density at radius 2 is 2.00 bits per heavy atom. The molecule has 5 nitrogen and oxygen atoms in total. The molecule has 8 heteroatoms. The van der Waals surface area contributed by atoms with Crippen LogP contribution in [0.25, 0.3) is 0 Å². The van der Waals surface area contributed by atoms with Crippen LogP contribution in [0.3, 0.4) is 0 Å². The molecule has 1 aromatic carbocycles. The zero-order valence-electron chi connectivity index (χ0n) is 14.8. The van der Waals surface area contributed by atoms with Crippen molar-refractivity contribution in [3.05, 3.63) is 50.2 Å². The zero-order valence-corrected chi connectivity index (χ0v) is 16.4. The number of halogens is 2. The number of fused-ring (bicyclic) bond motifs is 1. The van der Waals surface area contributed by atoms with Crippen molar-refractivity contribution in [1.82, 2.24) is 15.6 Å². The molecule has 0 bridgehead atoms. The van der Waals surface area contributed by atoms with E-state index in [1.807, 2.05) is 0 Å².